The van der Waals surface area contributed by atoms with E-state index in [1.807, 2.05) is 55.5 Å². The molecule has 0 radical (unpaired) electrons. The van der Waals surface area contributed by atoms with E-state index in [2.05, 4.69) is 10.2 Å². The largest absolute Gasteiger partial charge is 0.497 e. The van der Waals surface area contributed by atoms with Gasteiger partial charge in [0.25, 0.3) is 0 Å². The van der Waals surface area contributed by atoms with Crippen LogP contribution in [0.4, 0.5) is 0 Å². The fourth-order valence-electron chi connectivity index (χ4n) is 2.47. The summed E-state index contributed by atoms with van der Waals surface area (Å²) in [6, 6.07) is 15.3. The third-order valence-electron chi connectivity index (χ3n) is 4.08. The zero-order valence-electron chi connectivity index (χ0n) is 15.1. The average Bonchev–Trinajstić information content (AvgIpc) is 3.11. The van der Waals surface area contributed by atoms with Gasteiger partial charge in [-0.05, 0) is 36.8 Å². The highest BCUT2D eigenvalue weighted by Gasteiger charge is 2.15. The molecule has 134 valence electrons. The molecule has 0 saturated heterocycles. The molecule has 0 aliphatic carbocycles. The van der Waals surface area contributed by atoms with Crippen LogP contribution in [-0.2, 0) is 17.8 Å². The predicted octanol–water partition coefficient (Wildman–Crippen LogP) is 3.25. The third kappa shape index (κ3) is 4.27. The van der Waals surface area contributed by atoms with Crippen LogP contribution in [0.1, 0.15) is 17.0 Å². The summed E-state index contributed by atoms with van der Waals surface area (Å²) in [6.07, 6.45) is 0.305. The van der Waals surface area contributed by atoms with Crippen molar-refractivity contribution in [3.63, 3.8) is 0 Å². The minimum Gasteiger partial charge on any atom is -0.497 e. The van der Waals surface area contributed by atoms with E-state index in [-0.39, 0.29) is 12.5 Å². The number of nitrogens with zero attached hydrogens (tertiary/aromatic N) is 3. The van der Waals surface area contributed by atoms with E-state index in [1.54, 1.807) is 19.1 Å². The fraction of sp³-hybridized carbons (Fsp3) is 0.250. The van der Waals surface area contributed by atoms with Gasteiger partial charge in [-0.15, -0.1) is 10.2 Å². The molecule has 0 saturated carbocycles. The molecule has 0 unspecified atom stereocenters. The van der Waals surface area contributed by atoms with Gasteiger partial charge in [0.15, 0.2) is 0 Å². The minimum atomic E-state index is -0.0229. The normalized spacial score (nSPS) is 10.6. The van der Waals surface area contributed by atoms with Gasteiger partial charge in [-0.3, -0.25) is 4.79 Å². The first-order valence-corrected chi connectivity index (χ1v) is 8.31. The van der Waals surface area contributed by atoms with Crippen LogP contribution in [0, 0.1) is 6.92 Å². The van der Waals surface area contributed by atoms with E-state index in [0.29, 0.717) is 18.2 Å². The Balaban J connectivity index is 1.61. The van der Waals surface area contributed by atoms with Crippen LogP contribution < -0.4 is 4.74 Å². The smallest absolute Gasteiger partial charge is 0.247 e. The Morgan fingerprint density at radius 2 is 1.77 bits per heavy atom. The number of hydrogen-bond acceptors (Lipinski definition) is 5. The number of likely N-dealkylation sites (N-methyl/N-ethyl adjacent to an activating group) is 1. The summed E-state index contributed by atoms with van der Waals surface area (Å²) in [7, 11) is 3.34. The average molecular weight is 351 g/mol. The standard InChI is InChI=1S/C20H21N3O3/c1-14-4-8-16(9-5-14)20-22-21-18(26-20)13-23(2)19(24)12-15-6-10-17(25-3)11-7-15/h4-11H,12-13H2,1-3H3. The molecule has 3 aromatic rings. The number of aromatic nitrogens is 2. The molecule has 6 nitrogen and oxygen atoms in total. The summed E-state index contributed by atoms with van der Waals surface area (Å²) in [5, 5.41) is 8.10. The van der Waals surface area contributed by atoms with Crippen molar-refractivity contribution in [2.45, 2.75) is 19.9 Å². The summed E-state index contributed by atoms with van der Waals surface area (Å²) in [5.74, 6) is 1.61. The molecule has 26 heavy (non-hydrogen) atoms. The number of benzene rings is 2. The van der Waals surface area contributed by atoms with Gasteiger partial charge in [-0.1, -0.05) is 29.8 Å². The maximum absolute atomic E-state index is 12.4. The summed E-state index contributed by atoms with van der Waals surface area (Å²) in [4.78, 5) is 14.0. The maximum atomic E-state index is 12.4. The summed E-state index contributed by atoms with van der Waals surface area (Å²) >= 11 is 0. The Bertz CT molecular complexity index is 870. The highest BCUT2D eigenvalue weighted by Crippen LogP contribution is 2.19. The van der Waals surface area contributed by atoms with Crippen molar-refractivity contribution < 1.29 is 13.9 Å². The molecular weight excluding hydrogens is 330 g/mol. The molecule has 0 fully saturated rings. The lowest BCUT2D eigenvalue weighted by atomic mass is 10.1. The highest BCUT2D eigenvalue weighted by molar-refractivity contribution is 5.78. The minimum absolute atomic E-state index is 0.0229. The molecule has 0 atom stereocenters. The predicted molar refractivity (Wildman–Crippen MR) is 97.6 cm³/mol. The second-order valence-electron chi connectivity index (χ2n) is 6.14. The SMILES string of the molecule is COc1ccc(CC(=O)N(C)Cc2nnc(-c3ccc(C)cc3)o2)cc1. The molecule has 1 amide bonds. The quantitative estimate of drug-likeness (QED) is 0.682. The molecule has 0 aliphatic heterocycles. The van der Waals surface area contributed by atoms with E-state index >= 15 is 0 Å². The van der Waals surface area contributed by atoms with Crippen molar-refractivity contribution in [1.29, 1.82) is 0 Å². The van der Waals surface area contributed by atoms with Crippen LogP contribution in [0.15, 0.2) is 52.9 Å². The van der Waals surface area contributed by atoms with Crippen LogP contribution in [0.25, 0.3) is 11.5 Å². The van der Waals surface area contributed by atoms with E-state index in [0.717, 1.165) is 22.4 Å². The lowest BCUT2D eigenvalue weighted by molar-refractivity contribution is -0.130. The molecule has 0 N–H and O–H groups in total. The summed E-state index contributed by atoms with van der Waals surface area (Å²) in [5.41, 5.74) is 2.95. The molecular formula is C20H21N3O3. The molecule has 6 heteroatoms. The third-order valence-corrected chi connectivity index (χ3v) is 4.08. The number of aryl methyl sites for hydroxylation is 1. The van der Waals surface area contributed by atoms with Crippen molar-refractivity contribution in [1.82, 2.24) is 15.1 Å². The van der Waals surface area contributed by atoms with Gasteiger partial charge in [0.05, 0.1) is 20.1 Å². The highest BCUT2D eigenvalue weighted by atomic mass is 16.5. The number of carbonyl (C=O) groups is 1. The van der Waals surface area contributed by atoms with Crippen LogP contribution in [0.2, 0.25) is 0 Å². The monoisotopic (exact) mass is 351 g/mol. The first-order chi connectivity index (χ1) is 12.5. The van der Waals surface area contributed by atoms with Crippen molar-refractivity contribution in [3.05, 3.63) is 65.5 Å². The topological polar surface area (TPSA) is 68.5 Å². The molecule has 0 bridgehead atoms. The zero-order valence-corrected chi connectivity index (χ0v) is 15.1. The molecule has 2 aromatic carbocycles. The Hall–Kier alpha value is -3.15. The van der Waals surface area contributed by atoms with E-state index in [9.17, 15) is 4.79 Å². The second kappa shape index (κ2) is 7.82. The van der Waals surface area contributed by atoms with Crippen molar-refractivity contribution in [2.24, 2.45) is 0 Å². The first-order valence-electron chi connectivity index (χ1n) is 8.31. The molecule has 0 aliphatic rings. The molecule has 0 spiro atoms. The number of ether oxygens (including phenoxy) is 1. The fourth-order valence-corrected chi connectivity index (χ4v) is 2.47. The Morgan fingerprint density at radius 3 is 2.42 bits per heavy atom. The Morgan fingerprint density at radius 1 is 1.08 bits per heavy atom. The number of methoxy groups -OCH3 is 1. The van der Waals surface area contributed by atoms with Crippen molar-refractivity contribution in [3.8, 4) is 17.2 Å². The number of amides is 1. The summed E-state index contributed by atoms with van der Waals surface area (Å²) in [6.45, 7) is 2.29. The summed E-state index contributed by atoms with van der Waals surface area (Å²) < 4.78 is 10.8. The number of hydrogen-bond donors (Lipinski definition) is 0. The Labute approximate surface area is 152 Å². The van der Waals surface area contributed by atoms with Crippen LogP contribution in [0.5, 0.6) is 5.75 Å². The Kier molecular flexibility index (Phi) is 5.31. The molecule has 1 aromatic heterocycles. The first kappa shape index (κ1) is 17.7. The molecule has 1 heterocycles. The van der Waals surface area contributed by atoms with Crippen LogP contribution >= 0.6 is 0 Å². The second-order valence-corrected chi connectivity index (χ2v) is 6.14. The zero-order chi connectivity index (χ0) is 18.5. The van der Waals surface area contributed by atoms with Crippen LogP contribution in [-0.4, -0.2) is 35.2 Å². The lowest BCUT2D eigenvalue weighted by Gasteiger charge is -2.15. The maximum Gasteiger partial charge on any atom is 0.247 e. The van der Waals surface area contributed by atoms with Gasteiger partial charge in [-0.2, -0.15) is 0 Å². The van der Waals surface area contributed by atoms with Crippen LogP contribution in [0.3, 0.4) is 0 Å². The van der Waals surface area contributed by atoms with Gasteiger partial charge in [0.1, 0.15) is 5.75 Å². The van der Waals surface area contributed by atoms with Gasteiger partial charge in [0.2, 0.25) is 17.7 Å². The van der Waals surface area contributed by atoms with Gasteiger partial charge in [0, 0.05) is 12.6 Å². The molecule has 3 rings (SSSR count). The van der Waals surface area contributed by atoms with Gasteiger partial charge in [-0.25, -0.2) is 0 Å². The van der Waals surface area contributed by atoms with E-state index in [1.165, 1.54) is 0 Å². The van der Waals surface area contributed by atoms with Crippen molar-refractivity contribution >= 4 is 5.91 Å². The number of rotatable bonds is 6. The number of carbonyl (C=O) groups excluding carboxylic acids is 1. The van der Waals surface area contributed by atoms with Gasteiger partial charge < -0.3 is 14.1 Å². The van der Waals surface area contributed by atoms with E-state index < -0.39 is 0 Å². The van der Waals surface area contributed by atoms with E-state index in [4.69, 9.17) is 9.15 Å². The van der Waals surface area contributed by atoms with Gasteiger partial charge >= 0.3 is 0 Å². The lowest BCUT2D eigenvalue weighted by Crippen LogP contribution is -2.27. The van der Waals surface area contributed by atoms with Crippen molar-refractivity contribution in [2.75, 3.05) is 14.2 Å².